The number of quaternary nitrogens is 1. The number of carbonyl (C=O) groups is 1. The molecule has 0 heterocycles. The number of amides is 1. The van der Waals surface area contributed by atoms with E-state index in [2.05, 4.69) is 28.1 Å². The number of nitrogens with zero attached hydrogens (tertiary/aromatic N) is 1. The molecule has 0 aliphatic heterocycles. The summed E-state index contributed by atoms with van der Waals surface area (Å²) in [7, 11) is 0. The van der Waals surface area contributed by atoms with Crippen molar-refractivity contribution in [3.05, 3.63) is 29.5 Å². The van der Waals surface area contributed by atoms with Crippen LogP contribution in [0, 0.1) is 5.21 Å². The molecular weight excluding hydrogens is 282 g/mol. The van der Waals surface area contributed by atoms with Crippen LogP contribution in [-0.2, 0) is 4.79 Å². The molecule has 1 unspecified atom stereocenters. The Balaban J connectivity index is 2.60. The second-order valence-electron chi connectivity index (χ2n) is 3.93. The maximum Gasteiger partial charge on any atom is 0.230 e. The number of nitrogens with one attached hydrogen (secondary N) is 3. The Bertz CT molecular complexity index is 533. The molecule has 1 atom stereocenters. The predicted octanol–water partition coefficient (Wildman–Crippen LogP) is -0.372. The summed E-state index contributed by atoms with van der Waals surface area (Å²) in [5.41, 5.74) is 8.57. The second kappa shape index (κ2) is 7.50. The number of hydrogen-bond acceptors (Lipinski definition) is 5. The van der Waals surface area contributed by atoms with Gasteiger partial charge >= 0.3 is 0 Å². The molecule has 0 saturated carbocycles. The van der Waals surface area contributed by atoms with Crippen molar-refractivity contribution < 1.29 is 15.2 Å². The van der Waals surface area contributed by atoms with Gasteiger partial charge in [-0.2, -0.15) is 10.3 Å². The van der Waals surface area contributed by atoms with E-state index in [-0.39, 0.29) is 23.1 Å². The lowest BCUT2D eigenvalue weighted by Crippen LogP contribution is -2.99. The van der Waals surface area contributed by atoms with Crippen molar-refractivity contribution in [2.45, 2.75) is 13.3 Å². The highest BCUT2D eigenvalue weighted by Gasteiger charge is 2.07. The average Bonchev–Trinajstić information content (AvgIpc) is 2.36. The first-order valence-electron chi connectivity index (χ1n) is 5.60. The van der Waals surface area contributed by atoms with Crippen molar-refractivity contribution >= 4 is 40.3 Å². The highest BCUT2D eigenvalue weighted by Crippen LogP contribution is 2.11. The fourth-order valence-corrected chi connectivity index (χ4v) is 1.40. The van der Waals surface area contributed by atoms with E-state index in [1.807, 2.05) is 0 Å². The Morgan fingerprint density at radius 1 is 1.60 bits per heavy atom. The van der Waals surface area contributed by atoms with Gasteiger partial charge < -0.3 is 16.3 Å². The average molecular weight is 297 g/mol. The van der Waals surface area contributed by atoms with Crippen molar-refractivity contribution in [1.29, 1.82) is 0 Å². The van der Waals surface area contributed by atoms with Gasteiger partial charge in [0.2, 0.25) is 5.91 Å². The minimum Gasteiger partial charge on any atom is -0.595 e. The third kappa shape index (κ3) is 5.71. The van der Waals surface area contributed by atoms with Crippen molar-refractivity contribution in [3.63, 3.8) is 0 Å². The van der Waals surface area contributed by atoms with Gasteiger partial charge in [-0.1, -0.05) is 6.07 Å². The number of benzene rings is 1. The van der Waals surface area contributed by atoms with Gasteiger partial charge in [-0.3, -0.25) is 10.2 Å². The zero-order valence-corrected chi connectivity index (χ0v) is 11.5. The zero-order chi connectivity index (χ0) is 15.1. The van der Waals surface area contributed by atoms with Crippen molar-refractivity contribution in [2.75, 3.05) is 5.32 Å². The third-order valence-electron chi connectivity index (χ3n) is 2.17. The Labute approximate surface area is 120 Å². The Morgan fingerprint density at radius 3 is 2.90 bits per heavy atom. The van der Waals surface area contributed by atoms with E-state index >= 15 is 0 Å². The molecule has 1 amide bonds. The lowest BCUT2D eigenvalue weighted by atomic mass is 10.2. The van der Waals surface area contributed by atoms with Gasteiger partial charge in [0.25, 0.3) is 0 Å². The molecule has 6 N–H and O–H groups in total. The predicted molar refractivity (Wildman–Crippen MR) is 78.5 cm³/mol. The summed E-state index contributed by atoms with van der Waals surface area (Å²) in [6, 6.07) is 5.97. The Kier molecular flexibility index (Phi) is 6.00. The standard InChI is InChI=1S/C11H15N5O3S/c1-7(14-15-11(12)20)5-10(17)13-8-3-2-4-9(6-8)16(18)19/h2-4,6,16,18H,5H2,1H3,(H,13,17)(H3,12,15,20)/b14-7-. The first kappa shape index (κ1) is 16.0. The summed E-state index contributed by atoms with van der Waals surface area (Å²) >= 11 is 4.57. The quantitative estimate of drug-likeness (QED) is 0.286. The Hall–Kier alpha value is -2.07. The Morgan fingerprint density at radius 2 is 2.30 bits per heavy atom. The number of hydrazone groups is 1. The van der Waals surface area contributed by atoms with Crippen molar-refractivity contribution in [1.82, 2.24) is 5.43 Å². The molecule has 0 aromatic heterocycles. The summed E-state index contributed by atoms with van der Waals surface area (Å²) in [6.07, 6.45) is 0.0346. The molecule has 0 fully saturated rings. The van der Waals surface area contributed by atoms with Crippen LogP contribution >= 0.6 is 12.2 Å². The molecule has 1 aromatic carbocycles. The third-order valence-corrected chi connectivity index (χ3v) is 2.26. The van der Waals surface area contributed by atoms with Crippen LogP contribution in [0.5, 0.6) is 0 Å². The maximum atomic E-state index is 11.7. The van der Waals surface area contributed by atoms with Crippen LogP contribution in [0.15, 0.2) is 29.4 Å². The number of hydrogen-bond donors (Lipinski definition) is 5. The van der Waals surface area contributed by atoms with Crippen LogP contribution in [-0.4, -0.2) is 21.9 Å². The zero-order valence-electron chi connectivity index (χ0n) is 10.7. The van der Waals surface area contributed by atoms with Crippen molar-refractivity contribution in [2.24, 2.45) is 10.8 Å². The van der Waals surface area contributed by atoms with E-state index in [9.17, 15) is 10.0 Å². The fourth-order valence-electron chi connectivity index (χ4n) is 1.36. The lowest BCUT2D eigenvalue weighted by Gasteiger charge is -2.12. The number of rotatable bonds is 5. The van der Waals surface area contributed by atoms with Crippen molar-refractivity contribution in [3.8, 4) is 0 Å². The van der Waals surface area contributed by atoms with E-state index in [0.717, 1.165) is 0 Å². The second-order valence-corrected chi connectivity index (χ2v) is 4.37. The van der Waals surface area contributed by atoms with Gasteiger partial charge in [0.1, 0.15) is 0 Å². The number of anilines is 1. The highest BCUT2D eigenvalue weighted by molar-refractivity contribution is 7.80. The summed E-state index contributed by atoms with van der Waals surface area (Å²) < 4.78 is 0. The van der Waals surface area contributed by atoms with Gasteiger partial charge in [-0.25, -0.2) is 5.21 Å². The molecule has 0 aliphatic carbocycles. The first-order chi connectivity index (χ1) is 9.38. The first-order valence-corrected chi connectivity index (χ1v) is 6.01. The molecule has 108 valence electrons. The molecule has 8 nitrogen and oxygen atoms in total. The van der Waals surface area contributed by atoms with Crippen LogP contribution in [0.4, 0.5) is 11.4 Å². The van der Waals surface area contributed by atoms with Crippen LogP contribution in [0.2, 0.25) is 0 Å². The van der Waals surface area contributed by atoms with Gasteiger partial charge in [-0.15, -0.1) is 0 Å². The summed E-state index contributed by atoms with van der Waals surface area (Å²) in [5, 5.41) is 25.0. The minimum atomic E-state index is -1.06. The molecule has 0 bridgehead atoms. The van der Waals surface area contributed by atoms with E-state index in [1.54, 1.807) is 19.1 Å². The SMILES string of the molecule is C/C(CC(=O)Nc1cccc([NH+]([O-])O)c1)=N/NC(N)=S. The van der Waals surface area contributed by atoms with Crippen LogP contribution in [0.3, 0.4) is 0 Å². The topological polar surface area (TPSA) is 127 Å². The molecule has 20 heavy (non-hydrogen) atoms. The smallest absolute Gasteiger partial charge is 0.230 e. The molecule has 0 radical (unpaired) electrons. The summed E-state index contributed by atoms with van der Waals surface area (Å²) in [5.74, 6) is -0.321. The monoisotopic (exact) mass is 297 g/mol. The maximum absolute atomic E-state index is 11.7. The van der Waals surface area contributed by atoms with Crippen LogP contribution in [0.1, 0.15) is 13.3 Å². The van der Waals surface area contributed by atoms with Gasteiger partial charge in [-0.05, 0) is 25.2 Å². The summed E-state index contributed by atoms with van der Waals surface area (Å²) in [6.45, 7) is 1.64. The largest absolute Gasteiger partial charge is 0.595 e. The minimum absolute atomic E-state index is 0.0129. The van der Waals surface area contributed by atoms with E-state index in [1.165, 1.54) is 12.1 Å². The molecule has 0 saturated heterocycles. The molecule has 1 aromatic rings. The molecular formula is C11H15N5O3S. The molecule has 1 rings (SSSR count). The van der Waals surface area contributed by atoms with Gasteiger partial charge in [0.15, 0.2) is 10.8 Å². The van der Waals surface area contributed by atoms with E-state index < -0.39 is 5.23 Å². The lowest BCUT2D eigenvalue weighted by molar-refractivity contribution is -0.991. The molecule has 9 heteroatoms. The highest BCUT2D eigenvalue weighted by atomic mass is 32.1. The summed E-state index contributed by atoms with van der Waals surface area (Å²) in [4.78, 5) is 11.7. The number of thiocarbonyl (C=S) groups is 1. The van der Waals surface area contributed by atoms with Gasteiger partial charge in [0, 0.05) is 23.5 Å². The van der Waals surface area contributed by atoms with E-state index in [0.29, 0.717) is 11.4 Å². The molecule has 0 aliphatic rings. The number of carbonyl (C=O) groups excluding carboxylic acids is 1. The van der Waals surface area contributed by atoms with Crippen LogP contribution in [0.25, 0.3) is 0 Å². The van der Waals surface area contributed by atoms with Crippen LogP contribution < -0.4 is 21.7 Å². The normalized spacial score (nSPS) is 12.7. The fraction of sp³-hybridized carbons (Fsp3) is 0.182. The van der Waals surface area contributed by atoms with E-state index in [4.69, 9.17) is 10.9 Å². The molecule has 0 spiro atoms. The number of nitrogens with two attached hydrogens (primary N) is 1. The van der Waals surface area contributed by atoms with Gasteiger partial charge in [0.05, 0.1) is 6.42 Å².